The summed E-state index contributed by atoms with van der Waals surface area (Å²) in [5, 5.41) is 0. The minimum absolute atomic E-state index is 0.0486. The van der Waals surface area contributed by atoms with Crippen molar-refractivity contribution in [3.63, 3.8) is 0 Å². The summed E-state index contributed by atoms with van der Waals surface area (Å²) in [7, 11) is 0. The summed E-state index contributed by atoms with van der Waals surface area (Å²) in [5.74, 6) is 0.0320. The number of carbonyl (C=O) groups excluding carboxylic acids is 2. The fourth-order valence-electron chi connectivity index (χ4n) is 3.40. The number of nitrogens with zero attached hydrogens (tertiary/aromatic N) is 3. The van der Waals surface area contributed by atoms with Gasteiger partial charge in [0.1, 0.15) is 0 Å². The Balaban J connectivity index is 1.71. The number of H-pyrrole nitrogens is 1. The molecule has 1 unspecified atom stereocenters. The largest absolute Gasteiger partial charge is 0.342 e. The van der Waals surface area contributed by atoms with Crippen LogP contribution in [0.3, 0.4) is 0 Å². The van der Waals surface area contributed by atoms with E-state index in [1.54, 1.807) is 9.80 Å². The second kappa shape index (κ2) is 6.52. The standard InChI is InChI=1S/C16H22N4O3/c1-2-6-19-8-11(3-4-14(19)21)16(23)20-7-5-13-12(9-20)15(22)18-10-17-13/h10-11H,2-9H2,1H3,(H,17,18,22). The van der Waals surface area contributed by atoms with Crippen LogP contribution in [0.2, 0.25) is 0 Å². The first-order valence-corrected chi connectivity index (χ1v) is 8.22. The lowest BCUT2D eigenvalue weighted by atomic mass is 9.94. The Morgan fingerprint density at radius 3 is 3.00 bits per heavy atom. The molecule has 2 amide bonds. The summed E-state index contributed by atoms with van der Waals surface area (Å²) in [6.45, 7) is 4.13. The number of likely N-dealkylation sites (tertiary alicyclic amines) is 1. The number of carbonyl (C=O) groups is 2. The monoisotopic (exact) mass is 318 g/mol. The Hall–Kier alpha value is -2.18. The molecule has 23 heavy (non-hydrogen) atoms. The summed E-state index contributed by atoms with van der Waals surface area (Å²) in [4.78, 5) is 46.9. The minimum Gasteiger partial charge on any atom is -0.342 e. The Labute approximate surface area is 134 Å². The van der Waals surface area contributed by atoms with E-state index in [1.807, 2.05) is 6.92 Å². The van der Waals surface area contributed by atoms with Gasteiger partial charge in [-0.1, -0.05) is 6.92 Å². The highest BCUT2D eigenvalue weighted by atomic mass is 16.2. The Morgan fingerprint density at radius 2 is 2.22 bits per heavy atom. The molecular weight excluding hydrogens is 296 g/mol. The zero-order valence-corrected chi connectivity index (χ0v) is 13.4. The van der Waals surface area contributed by atoms with Crippen LogP contribution in [0.1, 0.15) is 37.4 Å². The third kappa shape index (κ3) is 3.13. The average Bonchev–Trinajstić information content (AvgIpc) is 2.56. The predicted octanol–water partition coefficient (Wildman–Crippen LogP) is 0.303. The molecule has 7 heteroatoms. The number of aromatic amines is 1. The normalized spacial score (nSPS) is 21.3. The number of rotatable bonds is 3. The summed E-state index contributed by atoms with van der Waals surface area (Å²) in [6.07, 6.45) is 3.95. The van der Waals surface area contributed by atoms with Crippen molar-refractivity contribution in [1.82, 2.24) is 19.8 Å². The first-order chi connectivity index (χ1) is 11.1. The highest BCUT2D eigenvalue weighted by molar-refractivity contribution is 5.84. The van der Waals surface area contributed by atoms with Crippen LogP contribution in [-0.4, -0.2) is 51.2 Å². The Bertz CT molecular complexity index is 670. The lowest BCUT2D eigenvalue weighted by Gasteiger charge is -2.36. The van der Waals surface area contributed by atoms with Crippen molar-refractivity contribution in [2.45, 2.75) is 39.2 Å². The van der Waals surface area contributed by atoms with Gasteiger partial charge in [0.05, 0.1) is 30.0 Å². The van der Waals surface area contributed by atoms with E-state index in [2.05, 4.69) is 9.97 Å². The van der Waals surface area contributed by atoms with E-state index < -0.39 is 0 Å². The average molecular weight is 318 g/mol. The van der Waals surface area contributed by atoms with Crippen LogP contribution in [0.25, 0.3) is 0 Å². The van der Waals surface area contributed by atoms with E-state index in [-0.39, 0.29) is 23.3 Å². The molecule has 2 aliphatic heterocycles. The van der Waals surface area contributed by atoms with Crippen molar-refractivity contribution in [2.75, 3.05) is 19.6 Å². The Kier molecular flexibility index (Phi) is 4.45. The first kappa shape index (κ1) is 15.7. The van der Waals surface area contributed by atoms with E-state index in [0.29, 0.717) is 51.0 Å². The molecule has 1 N–H and O–H groups in total. The van der Waals surface area contributed by atoms with Crippen molar-refractivity contribution in [1.29, 1.82) is 0 Å². The second-order valence-electron chi connectivity index (χ2n) is 6.24. The number of piperidine rings is 1. The number of fused-ring (bicyclic) bond motifs is 1. The minimum atomic E-state index is -0.168. The first-order valence-electron chi connectivity index (χ1n) is 8.22. The van der Waals surface area contributed by atoms with Gasteiger partial charge in [-0.25, -0.2) is 4.98 Å². The maximum absolute atomic E-state index is 12.8. The highest BCUT2D eigenvalue weighted by Crippen LogP contribution is 2.23. The number of aromatic nitrogens is 2. The fraction of sp³-hybridized carbons (Fsp3) is 0.625. The molecule has 1 aromatic rings. The number of hydrogen-bond donors (Lipinski definition) is 1. The summed E-state index contributed by atoms with van der Waals surface area (Å²) in [5.41, 5.74) is 1.20. The van der Waals surface area contributed by atoms with Crippen molar-refractivity contribution < 1.29 is 9.59 Å². The number of nitrogens with one attached hydrogen (secondary N) is 1. The van der Waals surface area contributed by atoms with Gasteiger partial charge in [-0.3, -0.25) is 14.4 Å². The topological polar surface area (TPSA) is 86.4 Å². The van der Waals surface area contributed by atoms with Crippen LogP contribution in [0.15, 0.2) is 11.1 Å². The molecule has 1 saturated heterocycles. The molecule has 0 aromatic carbocycles. The van der Waals surface area contributed by atoms with Crippen LogP contribution >= 0.6 is 0 Å². The summed E-state index contributed by atoms with van der Waals surface area (Å²) < 4.78 is 0. The molecule has 0 radical (unpaired) electrons. The quantitative estimate of drug-likeness (QED) is 0.868. The smallest absolute Gasteiger partial charge is 0.255 e. The fourth-order valence-corrected chi connectivity index (χ4v) is 3.40. The van der Waals surface area contributed by atoms with Crippen molar-refractivity contribution in [2.24, 2.45) is 5.92 Å². The van der Waals surface area contributed by atoms with Gasteiger partial charge in [0.2, 0.25) is 11.8 Å². The summed E-state index contributed by atoms with van der Waals surface area (Å²) >= 11 is 0. The van der Waals surface area contributed by atoms with Gasteiger partial charge in [0, 0.05) is 32.5 Å². The number of amides is 2. The van der Waals surface area contributed by atoms with Gasteiger partial charge in [-0.2, -0.15) is 0 Å². The molecule has 0 saturated carbocycles. The molecule has 7 nitrogen and oxygen atoms in total. The van der Waals surface area contributed by atoms with E-state index >= 15 is 0 Å². The highest BCUT2D eigenvalue weighted by Gasteiger charge is 2.34. The molecule has 124 valence electrons. The molecule has 3 heterocycles. The maximum Gasteiger partial charge on any atom is 0.255 e. The van der Waals surface area contributed by atoms with Gasteiger partial charge in [0.15, 0.2) is 0 Å². The molecule has 0 aliphatic carbocycles. The van der Waals surface area contributed by atoms with Crippen LogP contribution in [0.4, 0.5) is 0 Å². The molecular formula is C16H22N4O3. The van der Waals surface area contributed by atoms with Crippen molar-refractivity contribution in [3.05, 3.63) is 27.9 Å². The van der Waals surface area contributed by atoms with Gasteiger partial charge in [-0.15, -0.1) is 0 Å². The third-order valence-electron chi connectivity index (χ3n) is 4.66. The molecule has 1 atom stereocenters. The Morgan fingerprint density at radius 1 is 1.39 bits per heavy atom. The van der Waals surface area contributed by atoms with E-state index in [4.69, 9.17) is 0 Å². The van der Waals surface area contributed by atoms with Crippen molar-refractivity contribution >= 4 is 11.8 Å². The van der Waals surface area contributed by atoms with E-state index in [0.717, 1.165) is 12.1 Å². The number of hydrogen-bond acceptors (Lipinski definition) is 4. The van der Waals surface area contributed by atoms with Crippen molar-refractivity contribution in [3.8, 4) is 0 Å². The third-order valence-corrected chi connectivity index (χ3v) is 4.66. The van der Waals surface area contributed by atoms with Crippen LogP contribution in [-0.2, 0) is 22.6 Å². The van der Waals surface area contributed by atoms with Gasteiger partial charge in [-0.05, 0) is 12.8 Å². The lowest BCUT2D eigenvalue weighted by molar-refractivity contribution is -0.143. The molecule has 0 bridgehead atoms. The maximum atomic E-state index is 12.8. The van der Waals surface area contributed by atoms with Gasteiger partial charge >= 0.3 is 0 Å². The van der Waals surface area contributed by atoms with E-state index in [1.165, 1.54) is 6.33 Å². The van der Waals surface area contributed by atoms with Gasteiger partial charge in [0.25, 0.3) is 5.56 Å². The summed E-state index contributed by atoms with van der Waals surface area (Å²) in [6, 6.07) is 0. The van der Waals surface area contributed by atoms with Crippen LogP contribution < -0.4 is 5.56 Å². The SMILES string of the molecule is CCCN1CC(C(=O)N2CCc3nc[nH]c(=O)c3C2)CCC1=O. The van der Waals surface area contributed by atoms with Gasteiger partial charge < -0.3 is 14.8 Å². The zero-order valence-electron chi connectivity index (χ0n) is 13.4. The van der Waals surface area contributed by atoms with E-state index in [9.17, 15) is 14.4 Å². The molecule has 1 aromatic heterocycles. The van der Waals surface area contributed by atoms with Crippen LogP contribution in [0, 0.1) is 5.92 Å². The predicted molar refractivity (Wildman–Crippen MR) is 83.6 cm³/mol. The zero-order chi connectivity index (χ0) is 16.4. The molecule has 1 fully saturated rings. The molecule has 0 spiro atoms. The lowest BCUT2D eigenvalue weighted by Crippen LogP contribution is -2.49. The molecule has 2 aliphatic rings. The molecule has 3 rings (SSSR count). The van der Waals surface area contributed by atoms with Crippen LogP contribution in [0.5, 0.6) is 0 Å². The second-order valence-corrected chi connectivity index (χ2v) is 6.24.